The molecule has 4 nitrogen and oxygen atoms in total. The summed E-state index contributed by atoms with van der Waals surface area (Å²) < 4.78 is 44.4. The lowest BCUT2D eigenvalue weighted by Crippen LogP contribution is -2.60. The van der Waals surface area contributed by atoms with E-state index in [9.17, 15) is 23.1 Å². The lowest BCUT2D eigenvalue weighted by Gasteiger charge is -2.39. The molecular formula is C13H22F3NO3. The van der Waals surface area contributed by atoms with Gasteiger partial charge in [0.15, 0.2) is 5.60 Å². The fourth-order valence-corrected chi connectivity index (χ4v) is 2.43. The molecule has 0 aromatic heterocycles. The van der Waals surface area contributed by atoms with Crippen molar-refractivity contribution in [2.24, 2.45) is 0 Å². The van der Waals surface area contributed by atoms with Crippen LogP contribution in [0.1, 0.15) is 47.0 Å². The molecule has 0 radical (unpaired) electrons. The highest BCUT2D eigenvalue weighted by atomic mass is 19.4. The lowest BCUT2D eigenvalue weighted by atomic mass is 9.89. The maximum Gasteiger partial charge on any atom is 0.419 e. The normalized spacial score (nSPS) is 23.6. The van der Waals surface area contributed by atoms with Crippen molar-refractivity contribution in [2.45, 2.75) is 70.4 Å². The maximum atomic E-state index is 13.1. The highest BCUT2D eigenvalue weighted by Gasteiger charge is 2.60. The second kappa shape index (κ2) is 5.42. The SMILES string of the molecule is CCC(O)(C1CCCN1C(=O)OC(C)(C)C)C(F)(F)F. The van der Waals surface area contributed by atoms with Crippen molar-refractivity contribution in [1.29, 1.82) is 0 Å². The van der Waals surface area contributed by atoms with Gasteiger partial charge in [-0.2, -0.15) is 13.2 Å². The van der Waals surface area contributed by atoms with Crippen LogP contribution in [-0.4, -0.2) is 46.1 Å². The van der Waals surface area contributed by atoms with E-state index in [0.29, 0.717) is 6.42 Å². The number of nitrogens with zero attached hydrogens (tertiary/aromatic N) is 1. The molecule has 0 aromatic carbocycles. The molecule has 1 fully saturated rings. The van der Waals surface area contributed by atoms with E-state index in [1.54, 1.807) is 20.8 Å². The smallest absolute Gasteiger partial charge is 0.419 e. The zero-order chi connectivity index (χ0) is 15.8. The van der Waals surface area contributed by atoms with Gasteiger partial charge in [-0.1, -0.05) is 6.92 Å². The Balaban J connectivity index is 2.97. The first-order valence-electron chi connectivity index (χ1n) is 6.71. The highest BCUT2D eigenvalue weighted by molar-refractivity contribution is 5.69. The molecule has 0 spiro atoms. The number of carbonyl (C=O) groups is 1. The minimum absolute atomic E-state index is 0.114. The molecule has 20 heavy (non-hydrogen) atoms. The Bertz CT molecular complexity index is 365. The molecule has 2 atom stereocenters. The molecule has 0 aromatic rings. The maximum absolute atomic E-state index is 13.1. The minimum Gasteiger partial charge on any atom is -0.444 e. The van der Waals surface area contributed by atoms with Crippen LogP contribution in [0.3, 0.4) is 0 Å². The van der Waals surface area contributed by atoms with Crippen LogP contribution in [-0.2, 0) is 4.74 Å². The lowest BCUT2D eigenvalue weighted by molar-refractivity contribution is -0.277. The molecule has 1 heterocycles. The largest absolute Gasteiger partial charge is 0.444 e. The third-order valence-electron chi connectivity index (χ3n) is 3.46. The van der Waals surface area contributed by atoms with Gasteiger partial charge in [-0.25, -0.2) is 4.79 Å². The van der Waals surface area contributed by atoms with Crippen LogP contribution in [0.25, 0.3) is 0 Å². The Morgan fingerprint density at radius 3 is 2.30 bits per heavy atom. The number of likely N-dealkylation sites (tertiary alicyclic amines) is 1. The number of rotatable bonds is 2. The monoisotopic (exact) mass is 297 g/mol. The molecular weight excluding hydrogens is 275 g/mol. The van der Waals surface area contributed by atoms with Crippen molar-refractivity contribution in [3.8, 4) is 0 Å². The summed E-state index contributed by atoms with van der Waals surface area (Å²) in [5, 5.41) is 10.00. The van der Waals surface area contributed by atoms with Crippen LogP contribution in [0, 0.1) is 0 Å². The molecule has 7 heteroatoms. The van der Waals surface area contributed by atoms with Crippen molar-refractivity contribution in [1.82, 2.24) is 4.90 Å². The van der Waals surface area contributed by atoms with Crippen molar-refractivity contribution >= 4 is 6.09 Å². The Morgan fingerprint density at radius 1 is 1.35 bits per heavy atom. The summed E-state index contributed by atoms with van der Waals surface area (Å²) in [6.45, 7) is 6.36. The molecule has 1 amide bonds. The number of alkyl halides is 3. The van der Waals surface area contributed by atoms with Crippen LogP contribution in [0.2, 0.25) is 0 Å². The molecule has 1 N–H and O–H groups in total. The summed E-state index contributed by atoms with van der Waals surface area (Å²) in [5.74, 6) is 0. The first-order chi connectivity index (χ1) is 8.92. The molecule has 0 aliphatic carbocycles. The van der Waals surface area contributed by atoms with E-state index < -0.39 is 35.9 Å². The number of carbonyl (C=O) groups excluding carboxylic acids is 1. The number of amides is 1. The summed E-state index contributed by atoms with van der Waals surface area (Å²) in [6.07, 6.45) is -5.56. The molecule has 1 rings (SSSR count). The second-order valence-electron chi connectivity index (χ2n) is 6.11. The van der Waals surface area contributed by atoms with E-state index in [2.05, 4.69) is 0 Å². The fraction of sp³-hybridized carbons (Fsp3) is 0.923. The number of hydrogen-bond donors (Lipinski definition) is 1. The topological polar surface area (TPSA) is 49.8 Å². The van der Waals surface area contributed by atoms with Crippen molar-refractivity contribution in [2.75, 3.05) is 6.54 Å². The molecule has 118 valence electrons. The van der Waals surface area contributed by atoms with Crippen LogP contribution < -0.4 is 0 Å². The van der Waals surface area contributed by atoms with Crippen LogP contribution in [0.15, 0.2) is 0 Å². The van der Waals surface area contributed by atoms with Gasteiger partial charge in [0, 0.05) is 6.54 Å². The van der Waals surface area contributed by atoms with Gasteiger partial charge in [-0.05, 0) is 40.0 Å². The van der Waals surface area contributed by atoms with Gasteiger partial charge in [0.05, 0.1) is 6.04 Å². The van der Waals surface area contributed by atoms with Gasteiger partial charge >= 0.3 is 12.3 Å². The number of hydrogen-bond acceptors (Lipinski definition) is 3. The summed E-state index contributed by atoms with van der Waals surface area (Å²) in [7, 11) is 0. The van der Waals surface area contributed by atoms with Crippen molar-refractivity contribution < 1.29 is 27.8 Å². The standard InChI is InChI=1S/C13H22F3NO3/c1-5-12(19,13(14,15)16)9-7-6-8-17(9)10(18)20-11(2,3)4/h9,19H,5-8H2,1-4H3. The Kier molecular flexibility index (Phi) is 4.63. The second-order valence-corrected chi connectivity index (χ2v) is 6.11. The molecule has 2 unspecified atom stereocenters. The Morgan fingerprint density at radius 2 is 1.90 bits per heavy atom. The summed E-state index contributed by atoms with van der Waals surface area (Å²) in [6, 6.07) is -1.29. The molecule has 1 saturated heterocycles. The number of halogens is 3. The quantitative estimate of drug-likeness (QED) is 0.852. The summed E-state index contributed by atoms with van der Waals surface area (Å²) >= 11 is 0. The fourth-order valence-electron chi connectivity index (χ4n) is 2.43. The Hall–Kier alpha value is -0.980. The first-order valence-corrected chi connectivity index (χ1v) is 6.71. The predicted octanol–water partition coefficient (Wildman–Crippen LogP) is 3.09. The molecule has 0 saturated carbocycles. The van der Waals surface area contributed by atoms with E-state index in [-0.39, 0.29) is 13.0 Å². The van der Waals surface area contributed by atoms with Crippen molar-refractivity contribution in [3.05, 3.63) is 0 Å². The summed E-state index contributed by atoms with van der Waals surface area (Å²) in [4.78, 5) is 13.0. The van der Waals surface area contributed by atoms with Gasteiger partial charge in [-0.3, -0.25) is 0 Å². The van der Waals surface area contributed by atoms with Crippen LogP contribution in [0.4, 0.5) is 18.0 Å². The number of aliphatic hydroxyl groups is 1. The van der Waals surface area contributed by atoms with Crippen molar-refractivity contribution in [3.63, 3.8) is 0 Å². The minimum atomic E-state index is -4.78. The van der Waals surface area contributed by atoms with Gasteiger partial charge in [0.2, 0.25) is 0 Å². The van der Waals surface area contributed by atoms with E-state index in [1.165, 1.54) is 6.92 Å². The van der Waals surface area contributed by atoms with Gasteiger partial charge in [0.1, 0.15) is 5.60 Å². The van der Waals surface area contributed by atoms with Gasteiger partial charge in [-0.15, -0.1) is 0 Å². The van der Waals surface area contributed by atoms with E-state index >= 15 is 0 Å². The Labute approximate surface area is 116 Å². The van der Waals surface area contributed by atoms with Gasteiger partial charge in [0.25, 0.3) is 0 Å². The van der Waals surface area contributed by atoms with Crippen LogP contribution in [0.5, 0.6) is 0 Å². The predicted molar refractivity (Wildman–Crippen MR) is 67.3 cm³/mol. The molecule has 0 bridgehead atoms. The molecule has 1 aliphatic rings. The first kappa shape index (κ1) is 17.1. The van der Waals surface area contributed by atoms with E-state index in [1.807, 2.05) is 0 Å². The summed E-state index contributed by atoms with van der Waals surface area (Å²) in [5.41, 5.74) is -3.67. The number of ether oxygens (including phenoxy) is 1. The average molecular weight is 297 g/mol. The van der Waals surface area contributed by atoms with E-state index in [0.717, 1.165) is 4.90 Å². The third-order valence-corrected chi connectivity index (χ3v) is 3.46. The third kappa shape index (κ3) is 3.37. The zero-order valence-corrected chi connectivity index (χ0v) is 12.3. The highest BCUT2D eigenvalue weighted by Crippen LogP contribution is 2.41. The van der Waals surface area contributed by atoms with Gasteiger partial charge < -0.3 is 14.7 Å². The van der Waals surface area contributed by atoms with Crippen LogP contribution >= 0.6 is 0 Å². The zero-order valence-electron chi connectivity index (χ0n) is 12.3. The average Bonchev–Trinajstić information content (AvgIpc) is 2.73. The molecule has 1 aliphatic heterocycles. The van der Waals surface area contributed by atoms with E-state index in [4.69, 9.17) is 4.74 Å².